The van der Waals surface area contributed by atoms with Crippen molar-refractivity contribution in [3.63, 3.8) is 0 Å². The van der Waals surface area contributed by atoms with Crippen LogP contribution in [0.5, 0.6) is 0 Å². The molecule has 7 nitrogen and oxygen atoms in total. The molecule has 0 aliphatic heterocycles. The molecule has 4 aromatic rings. The van der Waals surface area contributed by atoms with Gasteiger partial charge in [-0.15, -0.1) is 0 Å². The lowest BCUT2D eigenvalue weighted by Gasteiger charge is -2.23. The first kappa shape index (κ1) is 27.9. The first-order valence-corrected chi connectivity index (χ1v) is 14.5. The maximum absolute atomic E-state index is 13.0. The number of halogens is 1. The smallest absolute Gasteiger partial charge is 0.255 e. The minimum Gasteiger partial charge on any atom is -0.352 e. The molecule has 0 fully saturated rings. The van der Waals surface area contributed by atoms with E-state index in [0.29, 0.717) is 46.1 Å². The molecule has 0 atom stereocenters. The molecule has 39 heavy (non-hydrogen) atoms. The van der Waals surface area contributed by atoms with E-state index in [-0.39, 0.29) is 12.5 Å². The third-order valence-corrected chi connectivity index (χ3v) is 7.56. The van der Waals surface area contributed by atoms with Gasteiger partial charge in [0.25, 0.3) is 11.8 Å². The zero-order valence-corrected chi connectivity index (χ0v) is 22.9. The van der Waals surface area contributed by atoms with Crippen LogP contribution in [0.4, 0.5) is 11.4 Å². The highest BCUT2D eigenvalue weighted by atomic mass is 35.5. The quantitative estimate of drug-likeness (QED) is 0.266. The number of hydrogen-bond donors (Lipinski definition) is 2. The van der Waals surface area contributed by atoms with Gasteiger partial charge in [0.1, 0.15) is 0 Å². The van der Waals surface area contributed by atoms with Gasteiger partial charge in [-0.05, 0) is 60.0 Å². The molecule has 0 heterocycles. The lowest BCUT2D eigenvalue weighted by Crippen LogP contribution is -2.29. The summed E-state index contributed by atoms with van der Waals surface area (Å²) in [5.74, 6) is -0.719. The molecule has 2 amide bonds. The molecule has 4 rings (SSSR count). The summed E-state index contributed by atoms with van der Waals surface area (Å²) in [5, 5.41) is 6.15. The molecule has 0 radical (unpaired) electrons. The Bertz CT molecular complexity index is 1560. The zero-order chi connectivity index (χ0) is 27.8. The van der Waals surface area contributed by atoms with Gasteiger partial charge in [-0.3, -0.25) is 13.9 Å². The summed E-state index contributed by atoms with van der Waals surface area (Å²) in [4.78, 5) is 25.8. The van der Waals surface area contributed by atoms with Gasteiger partial charge >= 0.3 is 0 Å². The molecule has 0 bridgehead atoms. The summed E-state index contributed by atoms with van der Waals surface area (Å²) in [7, 11) is -3.63. The fraction of sp³-hybridized carbons (Fsp3) is 0.133. The maximum atomic E-state index is 13.0. The number of carbonyl (C=O) groups excluding carboxylic acids is 2. The van der Waals surface area contributed by atoms with Gasteiger partial charge in [0.15, 0.2) is 0 Å². The second-order valence-electron chi connectivity index (χ2n) is 8.90. The van der Waals surface area contributed by atoms with Gasteiger partial charge in [0, 0.05) is 17.1 Å². The van der Waals surface area contributed by atoms with Crippen LogP contribution < -0.4 is 14.9 Å². The van der Waals surface area contributed by atoms with Crippen LogP contribution in [0, 0.1) is 0 Å². The molecule has 2 N–H and O–H groups in total. The number of nitrogens with one attached hydrogen (secondary N) is 2. The third-order valence-electron chi connectivity index (χ3n) is 6.05. The van der Waals surface area contributed by atoms with Crippen molar-refractivity contribution in [2.75, 3.05) is 22.4 Å². The van der Waals surface area contributed by atoms with Gasteiger partial charge < -0.3 is 10.6 Å². The number of benzene rings is 4. The van der Waals surface area contributed by atoms with Crippen LogP contribution in [0.3, 0.4) is 0 Å². The summed E-state index contributed by atoms with van der Waals surface area (Å²) in [6.45, 7) is 0.508. The van der Waals surface area contributed by atoms with Crippen molar-refractivity contribution in [2.45, 2.75) is 13.0 Å². The molecular formula is C30H28ClN3O4S. The van der Waals surface area contributed by atoms with Crippen molar-refractivity contribution in [3.8, 4) is 0 Å². The van der Waals surface area contributed by atoms with Gasteiger partial charge in [-0.1, -0.05) is 72.3 Å². The number of anilines is 2. The van der Waals surface area contributed by atoms with E-state index in [1.807, 2.05) is 30.3 Å². The van der Waals surface area contributed by atoms with Gasteiger partial charge in [0.05, 0.1) is 29.7 Å². The average molecular weight is 562 g/mol. The van der Waals surface area contributed by atoms with Gasteiger partial charge in [-0.25, -0.2) is 8.42 Å². The molecule has 0 saturated heterocycles. The molecule has 0 unspecified atom stereocenters. The van der Waals surface area contributed by atoms with Crippen molar-refractivity contribution in [2.24, 2.45) is 0 Å². The van der Waals surface area contributed by atoms with E-state index in [9.17, 15) is 18.0 Å². The van der Waals surface area contributed by atoms with E-state index in [4.69, 9.17) is 11.6 Å². The molecule has 0 spiro atoms. The lowest BCUT2D eigenvalue weighted by atomic mass is 10.1. The van der Waals surface area contributed by atoms with E-state index in [2.05, 4.69) is 10.6 Å². The van der Waals surface area contributed by atoms with E-state index in [1.54, 1.807) is 60.7 Å². The Morgan fingerprint density at radius 1 is 0.795 bits per heavy atom. The normalized spacial score (nSPS) is 11.0. The third kappa shape index (κ3) is 7.46. The number of amides is 2. The first-order valence-electron chi connectivity index (χ1n) is 12.3. The Balaban J connectivity index is 1.45. The summed E-state index contributed by atoms with van der Waals surface area (Å²) in [6.07, 6.45) is 1.81. The van der Waals surface area contributed by atoms with Crippen LogP contribution in [0.15, 0.2) is 103 Å². The number of nitrogens with zero attached hydrogens (tertiary/aromatic N) is 1. The molecule has 0 aromatic heterocycles. The Morgan fingerprint density at radius 3 is 2.13 bits per heavy atom. The number of carbonyl (C=O) groups is 2. The molecule has 200 valence electrons. The molecule has 0 aliphatic carbocycles. The van der Waals surface area contributed by atoms with E-state index < -0.39 is 15.9 Å². The average Bonchev–Trinajstić information content (AvgIpc) is 2.93. The van der Waals surface area contributed by atoms with Gasteiger partial charge in [0.2, 0.25) is 10.0 Å². The number of para-hydroxylation sites is 1. The standard InChI is InChI=1S/C30H28ClN3O4S/c1-39(37,38)34(21-24-11-5-7-13-27(24)31)25-17-15-23(16-18-25)29(35)33-28-14-8-6-12-26(28)30(36)32-20-19-22-9-3-2-4-10-22/h2-18H,19-21H2,1H3,(H,32,36)(H,33,35). The monoisotopic (exact) mass is 561 g/mol. The largest absolute Gasteiger partial charge is 0.352 e. The summed E-state index contributed by atoms with van der Waals surface area (Å²) < 4.78 is 26.3. The topological polar surface area (TPSA) is 95.6 Å². The molecular weight excluding hydrogens is 534 g/mol. The summed E-state index contributed by atoms with van der Waals surface area (Å²) >= 11 is 6.24. The maximum Gasteiger partial charge on any atom is 0.255 e. The summed E-state index contributed by atoms with van der Waals surface area (Å²) in [6, 6.07) is 29.8. The van der Waals surface area contributed by atoms with Crippen molar-refractivity contribution >= 4 is 44.8 Å². The number of sulfonamides is 1. The van der Waals surface area contributed by atoms with Crippen molar-refractivity contribution in [1.82, 2.24) is 5.32 Å². The van der Waals surface area contributed by atoms with Crippen LogP contribution in [0.2, 0.25) is 5.02 Å². The highest BCUT2D eigenvalue weighted by Crippen LogP contribution is 2.25. The van der Waals surface area contributed by atoms with E-state index >= 15 is 0 Å². The van der Waals surface area contributed by atoms with E-state index in [1.165, 1.54) is 16.4 Å². The fourth-order valence-electron chi connectivity index (χ4n) is 4.01. The Labute approximate surface area is 233 Å². The fourth-order valence-corrected chi connectivity index (χ4v) is 5.08. The lowest BCUT2D eigenvalue weighted by molar-refractivity contribution is 0.0955. The van der Waals surface area contributed by atoms with E-state index in [0.717, 1.165) is 11.8 Å². The highest BCUT2D eigenvalue weighted by Gasteiger charge is 2.20. The van der Waals surface area contributed by atoms with Crippen LogP contribution in [0.25, 0.3) is 0 Å². The second kappa shape index (κ2) is 12.6. The van der Waals surface area contributed by atoms with Crippen LogP contribution in [-0.4, -0.2) is 33.0 Å². The van der Waals surface area contributed by atoms with Crippen molar-refractivity contribution in [1.29, 1.82) is 0 Å². The molecule has 0 aliphatic rings. The Kier molecular flexibility index (Phi) is 9.01. The van der Waals surface area contributed by atoms with Crippen LogP contribution >= 0.6 is 11.6 Å². The Hall–Kier alpha value is -4.14. The molecule has 9 heteroatoms. The van der Waals surface area contributed by atoms with Gasteiger partial charge in [-0.2, -0.15) is 0 Å². The predicted octanol–water partition coefficient (Wildman–Crippen LogP) is 5.53. The minimum absolute atomic E-state index is 0.0524. The molecule has 4 aromatic carbocycles. The van der Waals surface area contributed by atoms with Crippen LogP contribution in [0.1, 0.15) is 31.8 Å². The van der Waals surface area contributed by atoms with Crippen molar-refractivity contribution in [3.05, 3.63) is 130 Å². The SMILES string of the molecule is CS(=O)(=O)N(Cc1ccccc1Cl)c1ccc(C(=O)Nc2ccccc2C(=O)NCCc2ccccc2)cc1. The zero-order valence-electron chi connectivity index (χ0n) is 21.3. The minimum atomic E-state index is -3.63. The van der Waals surface area contributed by atoms with Crippen LogP contribution in [-0.2, 0) is 23.0 Å². The second-order valence-corrected chi connectivity index (χ2v) is 11.2. The number of rotatable bonds is 10. The highest BCUT2D eigenvalue weighted by molar-refractivity contribution is 7.92. The summed E-state index contributed by atoms with van der Waals surface area (Å²) in [5.41, 5.74) is 3.20. The predicted molar refractivity (Wildman–Crippen MR) is 156 cm³/mol. The van der Waals surface area contributed by atoms with Crippen molar-refractivity contribution < 1.29 is 18.0 Å². The Morgan fingerprint density at radius 2 is 1.44 bits per heavy atom. The number of hydrogen-bond acceptors (Lipinski definition) is 4. The molecule has 0 saturated carbocycles. The first-order chi connectivity index (χ1) is 18.7.